The van der Waals surface area contributed by atoms with Crippen LogP contribution in [0.1, 0.15) is 39.2 Å². The second-order valence-electron chi connectivity index (χ2n) is 5.68. The van der Waals surface area contributed by atoms with Gasteiger partial charge in [0.15, 0.2) is 0 Å². The summed E-state index contributed by atoms with van der Waals surface area (Å²) in [4.78, 5) is 0. The molecule has 1 atom stereocenters. The first kappa shape index (κ1) is 15.8. The minimum atomic E-state index is 0.205. The van der Waals surface area contributed by atoms with Crippen molar-refractivity contribution in [3.8, 4) is 5.75 Å². The lowest BCUT2D eigenvalue weighted by Gasteiger charge is -2.21. The fourth-order valence-electron chi connectivity index (χ4n) is 1.97. The third-order valence-corrected chi connectivity index (χ3v) is 3.62. The summed E-state index contributed by atoms with van der Waals surface area (Å²) in [5.41, 5.74) is 2.29. The minimum absolute atomic E-state index is 0.205. The molecule has 0 heterocycles. The van der Waals surface area contributed by atoms with Gasteiger partial charge in [0, 0.05) is 19.1 Å². The fraction of sp³-hybridized carbons (Fsp3) is 0.625. The predicted octanol–water partition coefficient (Wildman–Crippen LogP) is 3.50. The zero-order chi connectivity index (χ0) is 14.4. The van der Waals surface area contributed by atoms with E-state index in [-0.39, 0.29) is 12.5 Å². The van der Waals surface area contributed by atoms with E-state index in [9.17, 15) is 5.11 Å². The lowest BCUT2D eigenvalue weighted by atomic mass is 9.96. The van der Waals surface area contributed by atoms with Crippen LogP contribution in [0.5, 0.6) is 5.75 Å². The quantitative estimate of drug-likeness (QED) is 0.793. The van der Waals surface area contributed by atoms with E-state index in [0.717, 1.165) is 18.0 Å². The van der Waals surface area contributed by atoms with E-state index in [1.165, 1.54) is 5.56 Å². The molecule has 19 heavy (non-hydrogen) atoms. The van der Waals surface area contributed by atoms with Gasteiger partial charge in [0.2, 0.25) is 0 Å². The van der Waals surface area contributed by atoms with Crippen molar-refractivity contribution in [2.45, 2.75) is 33.6 Å². The Morgan fingerprint density at radius 1 is 1.21 bits per heavy atom. The Kier molecular flexibility index (Phi) is 6.16. The summed E-state index contributed by atoms with van der Waals surface area (Å²) < 4.78 is 5.38. The molecule has 108 valence electrons. The van der Waals surface area contributed by atoms with Crippen LogP contribution >= 0.6 is 0 Å². The van der Waals surface area contributed by atoms with Crippen molar-refractivity contribution >= 4 is 5.69 Å². The summed E-state index contributed by atoms with van der Waals surface area (Å²) >= 11 is 0. The lowest BCUT2D eigenvalue weighted by Crippen LogP contribution is -2.23. The number of hydrogen-bond acceptors (Lipinski definition) is 3. The van der Waals surface area contributed by atoms with Crippen LogP contribution in [-0.2, 0) is 0 Å². The van der Waals surface area contributed by atoms with Gasteiger partial charge in [0.05, 0.1) is 12.8 Å². The maximum atomic E-state index is 9.37. The number of ether oxygens (including phenoxy) is 1. The van der Waals surface area contributed by atoms with Crippen molar-refractivity contribution in [2.24, 2.45) is 11.8 Å². The first-order chi connectivity index (χ1) is 8.99. The van der Waals surface area contributed by atoms with Crippen molar-refractivity contribution in [3.05, 3.63) is 23.8 Å². The molecule has 0 saturated carbocycles. The predicted molar refractivity (Wildman–Crippen MR) is 81.0 cm³/mol. The summed E-state index contributed by atoms with van der Waals surface area (Å²) in [5, 5.41) is 12.8. The van der Waals surface area contributed by atoms with E-state index >= 15 is 0 Å². The molecule has 0 aromatic heterocycles. The summed E-state index contributed by atoms with van der Waals surface area (Å²) in [5.74, 6) is 2.05. The molecule has 0 aliphatic heterocycles. The highest BCUT2D eigenvalue weighted by Gasteiger charge is 2.13. The molecular weight excluding hydrogens is 238 g/mol. The van der Waals surface area contributed by atoms with E-state index in [4.69, 9.17) is 4.74 Å². The molecule has 1 rings (SSSR count). The van der Waals surface area contributed by atoms with Gasteiger partial charge in [-0.1, -0.05) is 33.8 Å². The van der Waals surface area contributed by atoms with Crippen LogP contribution < -0.4 is 10.1 Å². The smallest absolute Gasteiger partial charge is 0.141 e. The van der Waals surface area contributed by atoms with E-state index in [1.54, 1.807) is 7.11 Å². The molecule has 1 unspecified atom stereocenters. The standard InChI is InChI=1S/C16H27NO2/c1-11(2)13-6-7-16(19-5)15(8-13)17-9-14(10-18)12(3)4/h6-8,11-12,14,17-18H,9-10H2,1-5H3. The molecule has 0 aliphatic carbocycles. The molecular formula is C16H27NO2. The molecule has 0 fully saturated rings. The van der Waals surface area contributed by atoms with Gasteiger partial charge in [-0.05, 0) is 29.5 Å². The Hall–Kier alpha value is -1.22. The van der Waals surface area contributed by atoms with Crippen LogP contribution in [0.15, 0.2) is 18.2 Å². The third-order valence-electron chi connectivity index (χ3n) is 3.62. The van der Waals surface area contributed by atoms with Crippen molar-refractivity contribution in [1.82, 2.24) is 0 Å². The molecule has 0 saturated heterocycles. The Labute approximate surface area is 117 Å². The Morgan fingerprint density at radius 2 is 1.89 bits per heavy atom. The first-order valence-electron chi connectivity index (χ1n) is 7.02. The molecule has 3 heteroatoms. The second kappa shape index (κ2) is 7.39. The lowest BCUT2D eigenvalue weighted by molar-refractivity contribution is 0.198. The Balaban J connectivity index is 2.83. The maximum Gasteiger partial charge on any atom is 0.141 e. The van der Waals surface area contributed by atoms with Gasteiger partial charge in [-0.15, -0.1) is 0 Å². The highest BCUT2D eigenvalue weighted by Crippen LogP contribution is 2.29. The molecule has 1 aromatic carbocycles. The largest absolute Gasteiger partial charge is 0.495 e. The van der Waals surface area contributed by atoms with Crippen LogP contribution in [0.3, 0.4) is 0 Å². The van der Waals surface area contributed by atoms with Crippen LogP contribution in [-0.4, -0.2) is 25.4 Å². The van der Waals surface area contributed by atoms with E-state index in [0.29, 0.717) is 11.8 Å². The van der Waals surface area contributed by atoms with Gasteiger partial charge in [0.1, 0.15) is 5.75 Å². The van der Waals surface area contributed by atoms with Crippen molar-refractivity contribution in [2.75, 3.05) is 25.6 Å². The van der Waals surface area contributed by atoms with Gasteiger partial charge in [-0.3, -0.25) is 0 Å². The van der Waals surface area contributed by atoms with Gasteiger partial charge in [-0.2, -0.15) is 0 Å². The number of nitrogens with one attached hydrogen (secondary N) is 1. The van der Waals surface area contributed by atoms with Crippen LogP contribution in [0.2, 0.25) is 0 Å². The van der Waals surface area contributed by atoms with Gasteiger partial charge in [0.25, 0.3) is 0 Å². The van der Waals surface area contributed by atoms with E-state index in [2.05, 4.69) is 45.1 Å². The molecule has 2 N–H and O–H groups in total. The molecule has 0 spiro atoms. The Bertz CT molecular complexity index is 388. The molecule has 3 nitrogen and oxygen atoms in total. The first-order valence-corrected chi connectivity index (χ1v) is 7.02. The van der Waals surface area contributed by atoms with Crippen LogP contribution in [0.25, 0.3) is 0 Å². The second-order valence-corrected chi connectivity index (χ2v) is 5.68. The van der Waals surface area contributed by atoms with Crippen molar-refractivity contribution < 1.29 is 9.84 Å². The van der Waals surface area contributed by atoms with Crippen LogP contribution in [0.4, 0.5) is 5.69 Å². The van der Waals surface area contributed by atoms with Gasteiger partial charge in [-0.25, -0.2) is 0 Å². The summed E-state index contributed by atoms with van der Waals surface area (Å²) in [6, 6.07) is 6.24. The van der Waals surface area contributed by atoms with Crippen molar-refractivity contribution in [1.29, 1.82) is 0 Å². The van der Waals surface area contributed by atoms with Crippen molar-refractivity contribution in [3.63, 3.8) is 0 Å². The zero-order valence-corrected chi connectivity index (χ0v) is 12.7. The highest BCUT2D eigenvalue weighted by atomic mass is 16.5. The highest BCUT2D eigenvalue weighted by molar-refractivity contribution is 5.58. The summed E-state index contributed by atoms with van der Waals surface area (Å²) in [6.45, 7) is 9.57. The summed E-state index contributed by atoms with van der Waals surface area (Å²) in [6.07, 6.45) is 0. The monoisotopic (exact) mass is 265 g/mol. The van der Waals surface area contributed by atoms with E-state index in [1.807, 2.05) is 6.07 Å². The Morgan fingerprint density at radius 3 is 2.37 bits per heavy atom. The number of anilines is 1. The minimum Gasteiger partial charge on any atom is -0.495 e. The number of aliphatic hydroxyl groups is 1. The summed E-state index contributed by atoms with van der Waals surface area (Å²) in [7, 11) is 1.68. The van der Waals surface area contributed by atoms with Gasteiger partial charge >= 0.3 is 0 Å². The SMILES string of the molecule is COc1ccc(C(C)C)cc1NCC(CO)C(C)C. The normalized spacial score (nSPS) is 12.8. The third kappa shape index (κ3) is 4.43. The van der Waals surface area contributed by atoms with Crippen LogP contribution in [0, 0.1) is 11.8 Å². The fourth-order valence-corrected chi connectivity index (χ4v) is 1.97. The molecule has 1 aromatic rings. The molecule has 0 aliphatic rings. The average molecular weight is 265 g/mol. The number of benzene rings is 1. The zero-order valence-electron chi connectivity index (χ0n) is 12.7. The molecule has 0 radical (unpaired) electrons. The van der Waals surface area contributed by atoms with E-state index < -0.39 is 0 Å². The van der Waals surface area contributed by atoms with Gasteiger partial charge < -0.3 is 15.2 Å². The number of aliphatic hydroxyl groups excluding tert-OH is 1. The number of hydrogen-bond donors (Lipinski definition) is 2. The average Bonchev–Trinajstić information content (AvgIpc) is 2.38. The maximum absolute atomic E-state index is 9.37. The topological polar surface area (TPSA) is 41.5 Å². The number of rotatable bonds is 7. The molecule has 0 amide bonds. The number of methoxy groups -OCH3 is 1. The molecule has 0 bridgehead atoms.